The number of hydrogen-bond donors (Lipinski definition) is 0. The lowest BCUT2D eigenvalue weighted by atomic mass is 10.1. The summed E-state index contributed by atoms with van der Waals surface area (Å²) in [6.07, 6.45) is 7.23. The first-order valence-electron chi connectivity index (χ1n) is 9.61. The van der Waals surface area contributed by atoms with Gasteiger partial charge in [0.2, 0.25) is 0 Å². The van der Waals surface area contributed by atoms with Gasteiger partial charge in [-0.2, -0.15) is 0 Å². The number of amides is 1. The zero-order valence-corrected chi connectivity index (χ0v) is 16.2. The van der Waals surface area contributed by atoms with Crippen molar-refractivity contribution in [3.05, 3.63) is 83.9 Å². The highest BCUT2D eigenvalue weighted by Gasteiger charge is 2.31. The number of para-hydroxylation sites is 1. The molecule has 3 heterocycles. The number of likely N-dealkylation sites (N-methyl/N-ethyl adjacent to an activating group) is 1. The molecule has 0 fully saturated rings. The highest BCUT2D eigenvalue weighted by atomic mass is 16.2. The van der Waals surface area contributed by atoms with Gasteiger partial charge in [-0.15, -0.1) is 0 Å². The first-order valence-corrected chi connectivity index (χ1v) is 9.61. The molecular formula is C23H24N4O. The van der Waals surface area contributed by atoms with Crippen molar-refractivity contribution < 1.29 is 4.79 Å². The van der Waals surface area contributed by atoms with E-state index in [1.165, 1.54) is 11.1 Å². The third kappa shape index (κ3) is 3.60. The Hall–Kier alpha value is -3.21. The van der Waals surface area contributed by atoms with E-state index < -0.39 is 0 Å². The lowest BCUT2D eigenvalue weighted by Gasteiger charge is -2.23. The smallest absolute Gasteiger partial charge is 0.277 e. The van der Waals surface area contributed by atoms with Gasteiger partial charge in [-0.05, 0) is 61.2 Å². The molecule has 1 amide bonds. The molecule has 3 aromatic rings. The van der Waals surface area contributed by atoms with Crippen molar-refractivity contribution >= 4 is 17.3 Å². The van der Waals surface area contributed by atoms with Crippen LogP contribution in [0, 0.1) is 0 Å². The lowest BCUT2D eigenvalue weighted by Crippen LogP contribution is -2.36. The number of carbonyl (C=O) groups excluding carboxylic acids is 1. The average molecular weight is 372 g/mol. The van der Waals surface area contributed by atoms with E-state index in [4.69, 9.17) is 0 Å². The minimum Gasteiger partial charge on any atom is -0.373 e. The Balaban J connectivity index is 1.45. The van der Waals surface area contributed by atoms with Gasteiger partial charge in [-0.1, -0.05) is 18.2 Å². The number of fused-ring (bicyclic) bond motifs is 1. The van der Waals surface area contributed by atoms with Crippen molar-refractivity contribution in [1.29, 1.82) is 0 Å². The van der Waals surface area contributed by atoms with Gasteiger partial charge in [0.25, 0.3) is 5.91 Å². The van der Waals surface area contributed by atoms with E-state index in [1.807, 2.05) is 66.8 Å². The summed E-state index contributed by atoms with van der Waals surface area (Å²) >= 11 is 0. The molecule has 1 atom stereocenters. The fraction of sp³-hybridized carbons (Fsp3) is 0.261. The third-order valence-electron chi connectivity index (χ3n) is 5.32. The number of aromatic nitrogens is 2. The fourth-order valence-corrected chi connectivity index (χ4v) is 3.71. The molecule has 2 aromatic heterocycles. The number of anilines is 2. The molecule has 5 nitrogen and oxygen atoms in total. The van der Waals surface area contributed by atoms with Crippen LogP contribution >= 0.6 is 0 Å². The first-order chi connectivity index (χ1) is 13.6. The van der Waals surface area contributed by atoms with Gasteiger partial charge in [0, 0.05) is 37.7 Å². The van der Waals surface area contributed by atoms with Crippen LogP contribution in [0.1, 0.15) is 28.5 Å². The standard InChI is InChI=1S/C23H24N4O/c1-17-15-19-5-3-4-6-22(19)27(17)23(28)21-8-7-20(16-25-21)26(2)14-11-18-9-12-24-13-10-18/h3-10,12-13,16-17H,11,14-15H2,1-2H3. The number of benzene rings is 1. The van der Waals surface area contributed by atoms with Gasteiger partial charge in [-0.3, -0.25) is 9.78 Å². The van der Waals surface area contributed by atoms with E-state index in [0.717, 1.165) is 30.8 Å². The van der Waals surface area contributed by atoms with Crippen LogP contribution in [0.4, 0.5) is 11.4 Å². The topological polar surface area (TPSA) is 49.3 Å². The molecule has 0 saturated carbocycles. The number of pyridine rings is 2. The van der Waals surface area contributed by atoms with Gasteiger partial charge in [0.1, 0.15) is 5.69 Å². The zero-order chi connectivity index (χ0) is 19.5. The minimum atomic E-state index is -0.0385. The maximum atomic E-state index is 13.1. The lowest BCUT2D eigenvalue weighted by molar-refractivity contribution is 0.0976. The molecule has 0 spiro atoms. The second-order valence-electron chi connectivity index (χ2n) is 7.29. The van der Waals surface area contributed by atoms with Crippen LogP contribution in [0.3, 0.4) is 0 Å². The predicted octanol–water partition coefficient (Wildman–Crippen LogP) is 3.75. The van der Waals surface area contributed by atoms with E-state index >= 15 is 0 Å². The Morgan fingerprint density at radius 2 is 1.93 bits per heavy atom. The van der Waals surface area contributed by atoms with Crippen LogP contribution in [-0.2, 0) is 12.8 Å². The van der Waals surface area contributed by atoms with Crippen molar-refractivity contribution in [3.8, 4) is 0 Å². The Morgan fingerprint density at radius 1 is 1.14 bits per heavy atom. The molecule has 0 saturated heterocycles. The number of rotatable bonds is 5. The second kappa shape index (κ2) is 7.80. The molecule has 28 heavy (non-hydrogen) atoms. The number of hydrogen-bond acceptors (Lipinski definition) is 4. The summed E-state index contributed by atoms with van der Waals surface area (Å²) in [4.78, 5) is 25.6. The SMILES string of the molecule is CC1Cc2ccccc2N1C(=O)c1ccc(N(C)CCc2ccncc2)cn1. The van der Waals surface area contributed by atoms with E-state index in [-0.39, 0.29) is 11.9 Å². The zero-order valence-electron chi connectivity index (χ0n) is 16.2. The summed E-state index contributed by atoms with van der Waals surface area (Å²) in [6, 6.07) is 16.1. The summed E-state index contributed by atoms with van der Waals surface area (Å²) in [5.74, 6) is -0.0385. The van der Waals surface area contributed by atoms with Crippen LogP contribution in [0.2, 0.25) is 0 Å². The molecular weight excluding hydrogens is 348 g/mol. The molecule has 1 unspecified atom stereocenters. The van der Waals surface area contributed by atoms with Gasteiger partial charge < -0.3 is 9.80 Å². The van der Waals surface area contributed by atoms with Crippen molar-refractivity contribution in [2.75, 3.05) is 23.4 Å². The highest BCUT2D eigenvalue weighted by molar-refractivity contribution is 6.06. The van der Waals surface area contributed by atoms with Crippen molar-refractivity contribution in [3.63, 3.8) is 0 Å². The molecule has 1 aliphatic rings. The van der Waals surface area contributed by atoms with E-state index in [2.05, 4.69) is 27.9 Å². The number of nitrogens with zero attached hydrogens (tertiary/aromatic N) is 4. The Labute approximate surface area is 165 Å². The second-order valence-corrected chi connectivity index (χ2v) is 7.29. The Bertz CT molecular complexity index is 956. The van der Waals surface area contributed by atoms with Crippen LogP contribution in [-0.4, -0.2) is 35.5 Å². The maximum absolute atomic E-state index is 13.1. The minimum absolute atomic E-state index is 0.0385. The maximum Gasteiger partial charge on any atom is 0.277 e. The van der Waals surface area contributed by atoms with Crippen LogP contribution in [0.25, 0.3) is 0 Å². The predicted molar refractivity (Wildman–Crippen MR) is 112 cm³/mol. The summed E-state index contributed by atoms with van der Waals surface area (Å²) in [5, 5.41) is 0. The van der Waals surface area contributed by atoms with Gasteiger partial charge in [0.15, 0.2) is 0 Å². The molecule has 0 N–H and O–H groups in total. The molecule has 5 heteroatoms. The molecule has 142 valence electrons. The molecule has 0 aliphatic carbocycles. The molecule has 4 rings (SSSR count). The summed E-state index contributed by atoms with van der Waals surface area (Å²) < 4.78 is 0. The molecule has 0 bridgehead atoms. The highest BCUT2D eigenvalue weighted by Crippen LogP contribution is 2.32. The van der Waals surface area contributed by atoms with Crippen LogP contribution < -0.4 is 9.80 Å². The largest absolute Gasteiger partial charge is 0.373 e. The molecule has 1 aromatic carbocycles. The average Bonchev–Trinajstić information content (AvgIpc) is 3.08. The van der Waals surface area contributed by atoms with E-state index in [0.29, 0.717) is 5.69 Å². The van der Waals surface area contributed by atoms with Crippen LogP contribution in [0.15, 0.2) is 67.1 Å². The van der Waals surface area contributed by atoms with Crippen LogP contribution in [0.5, 0.6) is 0 Å². The van der Waals surface area contributed by atoms with E-state index in [9.17, 15) is 4.79 Å². The van der Waals surface area contributed by atoms with Gasteiger partial charge in [0.05, 0.1) is 11.9 Å². The molecule has 1 aliphatic heterocycles. The first kappa shape index (κ1) is 18.2. The van der Waals surface area contributed by atoms with Crippen molar-refractivity contribution in [2.24, 2.45) is 0 Å². The Morgan fingerprint density at radius 3 is 2.68 bits per heavy atom. The molecule has 0 radical (unpaired) electrons. The fourth-order valence-electron chi connectivity index (χ4n) is 3.71. The summed E-state index contributed by atoms with van der Waals surface area (Å²) in [5.41, 5.74) is 4.95. The van der Waals surface area contributed by atoms with Crippen molar-refractivity contribution in [2.45, 2.75) is 25.8 Å². The summed E-state index contributed by atoms with van der Waals surface area (Å²) in [6.45, 7) is 2.95. The monoisotopic (exact) mass is 372 g/mol. The van der Waals surface area contributed by atoms with E-state index in [1.54, 1.807) is 6.20 Å². The van der Waals surface area contributed by atoms with Gasteiger partial charge in [-0.25, -0.2) is 4.98 Å². The van der Waals surface area contributed by atoms with Crippen molar-refractivity contribution in [1.82, 2.24) is 9.97 Å². The third-order valence-corrected chi connectivity index (χ3v) is 5.32. The Kier molecular flexibility index (Phi) is 5.06. The summed E-state index contributed by atoms with van der Waals surface area (Å²) in [7, 11) is 2.04. The quantitative estimate of drug-likeness (QED) is 0.684. The number of carbonyl (C=O) groups is 1. The normalized spacial score (nSPS) is 15.4. The van der Waals surface area contributed by atoms with Gasteiger partial charge >= 0.3 is 0 Å².